The summed E-state index contributed by atoms with van der Waals surface area (Å²) in [6, 6.07) is 2.60. The predicted octanol–water partition coefficient (Wildman–Crippen LogP) is 1.88. The lowest BCUT2D eigenvalue weighted by Crippen LogP contribution is -2.44. The topological polar surface area (TPSA) is 15.3 Å². The van der Waals surface area contributed by atoms with Crippen LogP contribution in [0.2, 0.25) is 0 Å². The molecular weight excluding hydrogens is 192 g/mol. The second-order valence-electron chi connectivity index (χ2n) is 3.52. The SMILES string of the molecule is C=C[C@@H](c1ccsc1)N1CCNCC1. The van der Waals surface area contributed by atoms with Crippen molar-refractivity contribution < 1.29 is 0 Å². The Morgan fingerprint density at radius 3 is 2.86 bits per heavy atom. The number of nitrogens with zero attached hydrogens (tertiary/aromatic N) is 1. The van der Waals surface area contributed by atoms with Crippen molar-refractivity contribution in [3.05, 3.63) is 35.0 Å². The summed E-state index contributed by atoms with van der Waals surface area (Å²) in [4.78, 5) is 2.48. The third kappa shape index (κ3) is 2.05. The first-order valence-corrected chi connectivity index (χ1v) is 5.95. The van der Waals surface area contributed by atoms with Crippen LogP contribution in [0, 0.1) is 0 Å². The molecule has 1 aliphatic rings. The number of hydrogen-bond acceptors (Lipinski definition) is 3. The van der Waals surface area contributed by atoms with Crippen molar-refractivity contribution in [3.63, 3.8) is 0 Å². The van der Waals surface area contributed by atoms with Gasteiger partial charge in [0.15, 0.2) is 0 Å². The molecule has 3 heteroatoms. The minimum atomic E-state index is 0.406. The summed E-state index contributed by atoms with van der Waals surface area (Å²) in [6.07, 6.45) is 2.05. The molecule has 1 aliphatic heterocycles. The smallest absolute Gasteiger partial charge is 0.0538 e. The minimum absolute atomic E-state index is 0.406. The highest BCUT2D eigenvalue weighted by Crippen LogP contribution is 2.23. The Kier molecular flexibility index (Phi) is 3.35. The first kappa shape index (κ1) is 9.90. The standard InChI is InChI=1S/C11H16N2S/c1-2-11(10-3-8-14-9-10)13-6-4-12-5-7-13/h2-3,8-9,11-12H,1,4-7H2/t11-/m0/s1. The van der Waals surface area contributed by atoms with E-state index in [2.05, 4.69) is 33.6 Å². The molecule has 2 rings (SSSR count). The summed E-state index contributed by atoms with van der Waals surface area (Å²) in [6.45, 7) is 8.35. The lowest BCUT2D eigenvalue weighted by Gasteiger charge is -2.32. The highest BCUT2D eigenvalue weighted by atomic mass is 32.1. The molecule has 0 unspecified atom stereocenters. The average Bonchev–Trinajstić information content (AvgIpc) is 2.74. The second-order valence-corrected chi connectivity index (χ2v) is 4.30. The molecule has 0 amide bonds. The number of nitrogens with one attached hydrogen (secondary N) is 1. The zero-order chi connectivity index (χ0) is 9.80. The van der Waals surface area contributed by atoms with Gasteiger partial charge in [0.2, 0.25) is 0 Å². The second kappa shape index (κ2) is 4.73. The highest BCUT2D eigenvalue weighted by molar-refractivity contribution is 7.07. The average molecular weight is 208 g/mol. The molecule has 0 spiro atoms. The molecule has 1 aromatic rings. The Bertz CT molecular complexity index is 275. The Balaban J connectivity index is 2.08. The largest absolute Gasteiger partial charge is 0.314 e. The highest BCUT2D eigenvalue weighted by Gasteiger charge is 2.19. The molecule has 1 aromatic heterocycles. The van der Waals surface area contributed by atoms with Crippen LogP contribution in [0.15, 0.2) is 29.5 Å². The lowest BCUT2D eigenvalue weighted by molar-refractivity contribution is 0.204. The van der Waals surface area contributed by atoms with Gasteiger partial charge >= 0.3 is 0 Å². The number of hydrogen-bond donors (Lipinski definition) is 1. The van der Waals surface area contributed by atoms with E-state index >= 15 is 0 Å². The molecule has 76 valence electrons. The van der Waals surface area contributed by atoms with Gasteiger partial charge in [-0.25, -0.2) is 0 Å². The van der Waals surface area contributed by atoms with Crippen LogP contribution in [0.4, 0.5) is 0 Å². The fourth-order valence-corrected chi connectivity index (χ4v) is 2.59. The van der Waals surface area contributed by atoms with E-state index in [0.717, 1.165) is 26.2 Å². The summed E-state index contributed by atoms with van der Waals surface area (Å²) < 4.78 is 0. The normalized spacial score (nSPS) is 20.6. The van der Waals surface area contributed by atoms with E-state index in [9.17, 15) is 0 Å². The van der Waals surface area contributed by atoms with Crippen molar-refractivity contribution in [3.8, 4) is 0 Å². The monoisotopic (exact) mass is 208 g/mol. The van der Waals surface area contributed by atoms with Crippen LogP contribution in [0.3, 0.4) is 0 Å². The van der Waals surface area contributed by atoms with Gasteiger partial charge in [-0.3, -0.25) is 4.90 Å². The molecule has 2 heterocycles. The lowest BCUT2D eigenvalue weighted by atomic mass is 10.1. The molecule has 2 nitrogen and oxygen atoms in total. The van der Waals surface area contributed by atoms with Gasteiger partial charge in [0.05, 0.1) is 6.04 Å². The molecule has 1 fully saturated rings. The Morgan fingerprint density at radius 1 is 1.50 bits per heavy atom. The van der Waals surface area contributed by atoms with Crippen LogP contribution in [0.25, 0.3) is 0 Å². The Hall–Kier alpha value is -0.640. The van der Waals surface area contributed by atoms with E-state index in [0.29, 0.717) is 6.04 Å². The van der Waals surface area contributed by atoms with Gasteiger partial charge in [0.1, 0.15) is 0 Å². The molecule has 0 bridgehead atoms. The first-order chi connectivity index (χ1) is 6.92. The van der Waals surface area contributed by atoms with Crippen molar-refractivity contribution in [2.75, 3.05) is 26.2 Å². The Labute approximate surface area is 89.2 Å². The van der Waals surface area contributed by atoms with E-state index in [-0.39, 0.29) is 0 Å². The van der Waals surface area contributed by atoms with Crippen LogP contribution >= 0.6 is 11.3 Å². The van der Waals surface area contributed by atoms with Gasteiger partial charge in [-0.05, 0) is 22.4 Å². The van der Waals surface area contributed by atoms with Gasteiger partial charge in [0, 0.05) is 26.2 Å². The van der Waals surface area contributed by atoms with E-state index < -0.39 is 0 Å². The summed E-state index contributed by atoms with van der Waals surface area (Å²) in [5.41, 5.74) is 1.38. The summed E-state index contributed by atoms with van der Waals surface area (Å²) in [5, 5.41) is 7.72. The molecular formula is C11H16N2S. The van der Waals surface area contributed by atoms with Gasteiger partial charge < -0.3 is 5.32 Å². The number of piperazine rings is 1. The molecule has 14 heavy (non-hydrogen) atoms. The molecule has 1 saturated heterocycles. The third-order valence-corrected chi connectivity index (χ3v) is 3.35. The van der Waals surface area contributed by atoms with Crippen LogP contribution in [0.5, 0.6) is 0 Å². The van der Waals surface area contributed by atoms with Crippen molar-refractivity contribution in [2.45, 2.75) is 6.04 Å². The van der Waals surface area contributed by atoms with Crippen molar-refractivity contribution in [2.24, 2.45) is 0 Å². The molecule has 0 aliphatic carbocycles. The van der Waals surface area contributed by atoms with Crippen molar-refractivity contribution in [1.29, 1.82) is 0 Å². The molecule has 0 aromatic carbocycles. The summed E-state index contributed by atoms with van der Waals surface area (Å²) in [7, 11) is 0. The van der Waals surface area contributed by atoms with Crippen molar-refractivity contribution in [1.82, 2.24) is 10.2 Å². The first-order valence-electron chi connectivity index (χ1n) is 5.01. The number of rotatable bonds is 3. The van der Waals surface area contributed by atoms with E-state index in [1.807, 2.05) is 6.08 Å². The number of thiophene rings is 1. The van der Waals surface area contributed by atoms with Gasteiger partial charge in [-0.1, -0.05) is 6.08 Å². The van der Waals surface area contributed by atoms with Gasteiger partial charge in [0.25, 0.3) is 0 Å². The molecule has 1 atom stereocenters. The summed E-state index contributed by atoms with van der Waals surface area (Å²) >= 11 is 1.76. The summed E-state index contributed by atoms with van der Waals surface area (Å²) in [5.74, 6) is 0. The molecule has 0 radical (unpaired) electrons. The molecule has 0 saturated carbocycles. The van der Waals surface area contributed by atoms with Gasteiger partial charge in [-0.15, -0.1) is 6.58 Å². The van der Waals surface area contributed by atoms with E-state index in [4.69, 9.17) is 0 Å². The van der Waals surface area contributed by atoms with Crippen LogP contribution < -0.4 is 5.32 Å². The van der Waals surface area contributed by atoms with Crippen LogP contribution in [-0.2, 0) is 0 Å². The predicted molar refractivity (Wildman–Crippen MR) is 61.7 cm³/mol. The quantitative estimate of drug-likeness (QED) is 0.763. The Morgan fingerprint density at radius 2 is 2.29 bits per heavy atom. The maximum atomic E-state index is 3.93. The van der Waals surface area contributed by atoms with Gasteiger partial charge in [-0.2, -0.15) is 11.3 Å². The van der Waals surface area contributed by atoms with Crippen LogP contribution in [-0.4, -0.2) is 31.1 Å². The van der Waals surface area contributed by atoms with Crippen LogP contribution in [0.1, 0.15) is 11.6 Å². The fraction of sp³-hybridized carbons (Fsp3) is 0.455. The van der Waals surface area contributed by atoms with Crippen molar-refractivity contribution >= 4 is 11.3 Å². The zero-order valence-corrected chi connectivity index (χ0v) is 9.09. The minimum Gasteiger partial charge on any atom is -0.314 e. The molecule has 1 N–H and O–H groups in total. The maximum Gasteiger partial charge on any atom is 0.0538 e. The van der Waals surface area contributed by atoms with E-state index in [1.165, 1.54) is 5.56 Å². The van der Waals surface area contributed by atoms with E-state index in [1.54, 1.807) is 11.3 Å². The fourth-order valence-electron chi connectivity index (χ4n) is 1.90. The third-order valence-electron chi connectivity index (χ3n) is 2.65. The zero-order valence-electron chi connectivity index (χ0n) is 8.28. The maximum absolute atomic E-state index is 3.93.